The highest BCUT2D eigenvalue weighted by Gasteiger charge is 2.24. The van der Waals surface area contributed by atoms with Gasteiger partial charge in [0.2, 0.25) is 5.88 Å². The second kappa shape index (κ2) is 7.46. The van der Waals surface area contributed by atoms with Crippen LogP contribution in [-0.4, -0.2) is 44.1 Å². The maximum Gasteiger partial charge on any atom is 0.214 e. The third-order valence-electron chi connectivity index (χ3n) is 6.08. The zero-order valence-corrected chi connectivity index (χ0v) is 17.2. The van der Waals surface area contributed by atoms with Crippen LogP contribution in [0, 0.1) is 5.92 Å². The molecule has 0 amide bonds. The Bertz CT molecular complexity index is 1260. The number of nitrogens with two attached hydrogens (primary N) is 1. The molecule has 2 N–H and O–H groups in total. The number of nitrogen functional groups attached to an aromatic ring is 1. The smallest absolute Gasteiger partial charge is 0.214 e. The molecule has 8 heteroatoms. The number of anilines is 1. The van der Waals surface area contributed by atoms with E-state index in [2.05, 4.69) is 21.0 Å². The van der Waals surface area contributed by atoms with Crippen molar-refractivity contribution in [3.05, 3.63) is 36.7 Å². The molecule has 0 atom stereocenters. The maximum absolute atomic E-state index is 6.27. The van der Waals surface area contributed by atoms with E-state index in [1.165, 1.54) is 6.33 Å². The van der Waals surface area contributed by atoms with Gasteiger partial charge in [0, 0.05) is 36.8 Å². The van der Waals surface area contributed by atoms with Crippen molar-refractivity contribution in [3.8, 4) is 17.1 Å². The lowest BCUT2D eigenvalue weighted by Crippen LogP contribution is -2.21. The topological polar surface area (TPSA) is 101 Å². The van der Waals surface area contributed by atoms with Crippen LogP contribution in [0.1, 0.15) is 25.7 Å². The van der Waals surface area contributed by atoms with Crippen LogP contribution in [0.4, 0.5) is 5.82 Å². The lowest BCUT2D eigenvalue weighted by molar-refractivity contribution is 0.0605. The average molecular weight is 416 g/mol. The highest BCUT2D eigenvalue weighted by molar-refractivity contribution is 5.99. The van der Waals surface area contributed by atoms with Crippen molar-refractivity contribution in [2.24, 2.45) is 5.92 Å². The van der Waals surface area contributed by atoms with Crippen LogP contribution in [0.5, 0.6) is 5.88 Å². The normalized spacial score (nSPS) is 17.4. The predicted molar refractivity (Wildman–Crippen MR) is 118 cm³/mol. The molecule has 0 spiro atoms. The van der Waals surface area contributed by atoms with E-state index in [0.717, 1.165) is 78.6 Å². The van der Waals surface area contributed by atoms with E-state index in [9.17, 15) is 0 Å². The summed E-state index contributed by atoms with van der Waals surface area (Å²) in [6.45, 7) is 2.41. The Labute approximate surface area is 179 Å². The standard InChI is InChI=1S/C23H24N6O2/c24-22-20-21(28-29(23(20)26-13-25-22)12-14-7-9-30-10-8-14)16-1-5-18-15(11-16)2-6-19(27-18)31-17-3-4-17/h1-2,5-6,11,13-14,17H,3-4,7-10,12H2,(H2,24,25,26). The molecule has 0 bridgehead atoms. The minimum Gasteiger partial charge on any atom is -0.474 e. The molecule has 1 aromatic carbocycles. The molecule has 31 heavy (non-hydrogen) atoms. The molecule has 1 aliphatic carbocycles. The van der Waals surface area contributed by atoms with Gasteiger partial charge < -0.3 is 15.2 Å². The number of benzene rings is 1. The minimum atomic E-state index is 0.332. The molecule has 8 nitrogen and oxygen atoms in total. The summed E-state index contributed by atoms with van der Waals surface area (Å²) in [5, 5.41) is 6.77. The zero-order chi connectivity index (χ0) is 20.8. The van der Waals surface area contributed by atoms with E-state index in [-0.39, 0.29) is 0 Å². The number of fused-ring (bicyclic) bond motifs is 2. The number of hydrogen-bond donors (Lipinski definition) is 1. The highest BCUT2D eigenvalue weighted by Crippen LogP contribution is 2.33. The van der Waals surface area contributed by atoms with E-state index in [4.69, 9.17) is 20.3 Å². The van der Waals surface area contributed by atoms with Crippen LogP contribution in [0.25, 0.3) is 33.2 Å². The number of pyridine rings is 1. The number of aromatic nitrogens is 5. The Balaban J connectivity index is 1.40. The van der Waals surface area contributed by atoms with Crippen LogP contribution in [0.2, 0.25) is 0 Å². The summed E-state index contributed by atoms with van der Waals surface area (Å²) in [5.74, 6) is 1.66. The van der Waals surface area contributed by atoms with Crippen LogP contribution in [-0.2, 0) is 11.3 Å². The molecule has 4 aromatic rings. The fourth-order valence-electron chi connectivity index (χ4n) is 4.21. The molecule has 1 saturated carbocycles. The number of nitrogens with zero attached hydrogens (tertiary/aromatic N) is 5. The van der Waals surface area contributed by atoms with Gasteiger partial charge in [0.25, 0.3) is 0 Å². The summed E-state index contributed by atoms with van der Waals surface area (Å²) >= 11 is 0. The van der Waals surface area contributed by atoms with Gasteiger partial charge >= 0.3 is 0 Å². The Morgan fingerprint density at radius 1 is 1.06 bits per heavy atom. The van der Waals surface area contributed by atoms with Gasteiger partial charge in [-0.2, -0.15) is 5.10 Å². The first kappa shape index (κ1) is 18.5. The third kappa shape index (κ3) is 3.57. The van der Waals surface area contributed by atoms with Crippen molar-refractivity contribution < 1.29 is 9.47 Å². The molecular formula is C23H24N6O2. The summed E-state index contributed by atoms with van der Waals surface area (Å²) in [6.07, 6.45) is 6.14. The van der Waals surface area contributed by atoms with Crippen LogP contribution < -0.4 is 10.5 Å². The average Bonchev–Trinajstić information content (AvgIpc) is 3.54. The summed E-state index contributed by atoms with van der Waals surface area (Å²) < 4.78 is 13.3. The van der Waals surface area contributed by atoms with Gasteiger partial charge in [-0.1, -0.05) is 6.07 Å². The monoisotopic (exact) mass is 416 g/mol. The molecule has 2 aliphatic rings. The van der Waals surface area contributed by atoms with Gasteiger partial charge in [0.15, 0.2) is 5.65 Å². The molecule has 0 unspecified atom stereocenters. The van der Waals surface area contributed by atoms with Crippen LogP contribution in [0.15, 0.2) is 36.7 Å². The van der Waals surface area contributed by atoms with Gasteiger partial charge in [-0.15, -0.1) is 0 Å². The Morgan fingerprint density at radius 2 is 1.94 bits per heavy atom. The second-order valence-electron chi connectivity index (χ2n) is 8.42. The Hall–Kier alpha value is -3.26. The van der Waals surface area contributed by atoms with E-state index in [0.29, 0.717) is 23.7 Å². The molecule has 158 valence electrons. The third-order valence-corrected chi connectivity index (χ3v) is 6.08. The van der Waals surface area contributed by atoms with Gasteiger partial charge in [-0.05, 0) is 49.8 Å². The molecule has 1 aliphatic heterocycles. The largest absolute Gasteiger partial charge is 0.474 e. The highest BCUT2D eigenvalue weighted by atomic mass is 16.5. The van der Waals surface area contributed by atoms with Gasteiger partial charge in [-0.3, -0.25) is 0 Å². The SMILES string of the molecule is Nc1ncnc2c1c(-c1ccc3nc(OC4CC4)ccc3c1)nn2CC1CCOCC1. The van der Waals surface area contributed by atoms with Gasteiger partial charge in [0.05, 0.1) is 10.9 Å². The molecule has 0 radical (unpaired) electrons. The number of ether oxygens (including phenoxy) is 2. The van der Waals surface area contributed by atoms with E-state index in [1.54, 1.807) is 0 Å². The fourth-order valence-corrected chi connectivity index (χ4v) is 4.21. The van der Waals surface area contributed by atoms with Crippen molar-refractivity contribution in [1.29, 1.82) is 0 Å². The summed E-state index contributed by atoms with van der Waals surface area (Å²) in [4.78, 5) is 13.4. The molecule has 4 heterocycles. The van der Waals surface area contributed by atoms with Crippen LogP contribution in [0.3, 0.4) is 0 Å². The minimum absolute atomic E-state index is 0.332. The Kier molecular flexibility index (Phi) is 4.45. The molecule has 2 fully saturated rings. The molecular weight excluding hydrogens is 392 g/mol. The zero-order valence-electron chi connectivity index (χ0n) is 17.2. The molecule has 1 saturated heterocycles. The predicted octanol–water partition coefficient (Wildman–Crippen LogP) is 3.59. The number of hydrogen-bond acceptors (Lipinski definition) is 7. The first-order chi connectivity index (χ1) is 15.2. The number of rotatable bonds is 5. The first-order valence-electron chi connectivity index (χ1n) is 10.9. The lowest BCUT2D eigenvalue weighted by atomic mass is 10.0. The quantitative estimate of drug-likeness (QED) is 0.530. The van der Waals surface area contributed by atoms with Crippen molar-refractivity contribution in [2.75, 3.05) is 18.9 Å². The molecule has 6 rings (SSSR count). The summed E-state index contributed by atoms with van der Waals surface area (Å²) in [5.41, 5.74) is 9.73. The van der Waals surface area contributed by atoms with Crippen molar-refractivity contribution in [3.63, 3.8) is 0 Å². The first-order valence-corrected chi connectivity index (χ1v) is 10.9. The van der Waals surface area contributed by atoms with E-state index in [1.807, 2.05) is 28.9 Å². The van der Waals surface area contributed by atoms with E-state index < -0.39 is 0 Å². The van der Waals surface area contributed by atoms with E-state index >= 15 is 0 Å². The van der Waals surface area contributed by atoms with Gasteiger partial charge in [-0.25, -0.2) is 19.6 Å². The maximum atomic E-state index is 6.27. The second-order valence-corrected chi connectivity index (χ2v) is 8.42. The van der Waals surface area contributed by atoms with Crippen molar-refractivity contribution in [1.82, 2.24) is 24.7 Å². The molecule has 3 aromatic heterocycles. The summed E-state index contributed by atoms with van der Waals surface area (Å²) in [7, 11) is 0. The van der Waals surface area contributed by atoms with Crippen molar-refractivity contribution in [2.45, 2.75) is 38.3 Å². The lowest BCUT2D eigenvalue weighted by Gasteiger charge is -2.21. The Morgan fingerprint density at radius 3 is 2.77 bits per heavy atom. The summed E-state index contributed by atoms with van der Waals surface area (Å²) in [6, 6.07) is 10.1. The van der Waals surface area contributed by atoms with Crippen molar-refractivity contribution >= 4 is 27.8 Å². The van der Waals surface area contributed by atoms with Crippen LogP contribution >= 0.6 is 0 Å². The fraction of sp³-hybridized carbons (Fsp3) is 0.391. The van der Waals surface area contributed by atoms with Gasteiger partial charge in [0.1, 0.15) is 23.9 Å².